The Bertz CT molecular complexity index is 2140. The van der Waals surface area contributed by atoms with E-state index >= 15 is 0 Å². The van der Waals surface area contributed by atoms with Crippen LogP contribution in [0.2, 0.25) is 0 Å². The van der Waals surface area contributed by atoms with Crippen LogP contribution in [0, 0.1) is 41.5 Å². The molecule has 2 amide bonds. The molecule has 4 aromatic carbocycles. The van der Waals surface area contributed by atoms with E-state index in [2.05, 4.69) is 139 Å². The molecule has 0 radical (unpaired) electrons. The van der Waals surface area contributed by atoms with Crippen molar-refractivity contribution >= 4 is 45.5 Å². The number of amides is 2. The van der Waals surface area contributed by atoms with Crippen molar-refractivity contribution in [2.45, 2.75) is 115 Å². The number of hydrogen-bond donors (Lipinski definition) is 2. The van der Waals surface area contributed by atoms with Gasteiger partial charge in [0.1, 0.15) is 0 Å². The third kappa shape index (κ3) is 7.15. The maximum absolute atomic E-state index is 13.7. The van der Waals surface area contributed by atoms with Gasteiger partial charge in [0.25, 0.3) is 0 Å². The summed E-state index contributed by atoms with van der Waals surface area (Å²) in [6.07, 6.45) is 8.55. The Labute approximate surface area is 344 Å². The molecule has 0 bridgehead atoms. The van der Waals surface area contributed by atoms with E-state index in [0.717, 1.165) is 59.1 Å². The first-order valence-electron chi connectivity index (χ1n) is 20.6. The van der Waals surface area contributed by atoms with E-state index in [1.807, 2.05) is 13.8 Å². The van der Waals surface area contributed by atoms with Crippen molar-refractivity contribution in [2.75, 3.05) is 0 Å². The second-order valence-corrected chi connectivity index (χ2v) is 37.7. The van der Waals surface area contributed by atoms with Crippen molar-refractivity contribution in [1.82, 2.24) is 10.5 Å². The predicted molar refractivity (Wildman–Crippen MR) is 238 cm³/mol. The Balaban J connectivity index is 1.71. The molecule has 2 N–H and O–H groups in total. The van der Waals surface area contributed by atoms with E-state index in [1.165, 1.54) is 55.7 Å². The number of halogens is 2. The normalized spacial score (nSPS) is 16.7. The monoisotopic (exact) mass is 865 g/mol. The maximum atomic E-state index is 13.7. The standard InChI is InChI=1S/2C21H23.C6H11BN2O2.2ClH.Zr/c2*1-5-7-17-12-18-8-6-9-20(21(18)13-17)19-11-10-14(2)15(3)16(19)4;1-3-5(10)8-7-9-6(11)4-2;;;/h2*6,8-13H,5,7H2,1-4H3;3-4H2,1-2H3,(H-,8,9,10,11);2*1H;/q;;;;;+1/p-1. The van der Waals surface area contributed by atoms with Crippen LogP contribution in [0.1, 0.15) is 129 Å². The van der Waals surface area contributed by atoms with E-state index in [-0.39, 0.29) is 31.9 Å². The summed E-state index contributed by atoms with van der Waals surface area (Å²) in [4.78, 5) is 27.4. The number of nitrogens with one attached hydrogen (secondary N) is 2. The Morgan fingerprint density at radius 1 is 0.571 bits per heavy atom. The summed E-state index contributed by atoms with van der Waals surface area (Å²) in [6.45, 7) is 21.2. The average molecular weight is 868 g/mol. The first-order valence-corrected chi connectivity index (χ1v) is 31.2. The van der Waals surface area contributed by atoms with Gasteiger partial charge in [-0.15, -0.1) is 0 Å². The summed E-state index contributed by atoms with van der Waals surface area (Å²) >= 11 is -5.99. The number of carbonyl (C=O) groups excluding carboxylic acids is 2. The minimum atomic E-state index is -5.99. The van der Waals surface area contributed by atoms with Gasteiger partial charge in [0, 0.05) is 0 Å². The van der Waals surface area contributed by atoms with E-state index in [0.29, 0.717) is 0 Å². The molecule has 2 aliphatic carbocycles. The van der Waals surface area contributed by atoms with Crippen molar-refractivity contribution in [2.24, 2.45) is 0 Å². The molecule has 2 unspecified atom stereocenters. The average Bonchev–Trinajstić information content (AvgIpc) is 3.76. The summed E-state index contributed by atoms with van der Waals surface area (Å²) in [5.74, 6) is -0.379. The summed E-state index contributed by atoms with van der Waals surface area (Å²) in [6, 6.07) is 22.0. The van der Waals surface area contributed by atoms with Gasteiger partial charge in [-0.25, -0.2) is 0 Å². The summed E-state index contributed by atoms with van der Waals surface area (Å²) in [5, 5.41) is 6.59. The van der Waals surface area contributed by atoms with Crippen LogP contribution in [-0.2, 0) is 25.8 Å². The molecule has 0 aliphatic heterocycles. The van der Waals surface area contributed by atoms with E-state index in [1.54, 1.807) is 0 Å². The van der Waals surface area contributed by atoms with Crippen molar-refractivity contribution in [3.8, 4) is 22.3 Å². The number of benzene rings is 4. The fourth-order valence-electron chi connectivity index (χ4n) is 9.55. The van der Waals surface area contributed by atoms with Crippen molar-refractivity contribution in [1.29, 1.82) is 0 Å². The Morgan fingerprint density at radius 3 is 1.32 bits per heavy atom. The topological polar surface area (TPSA) is 58.2 Å². The van der Waals surface area contributed by atoms with E-state index in [4.69, 9.17) is 17.0 Å². The van der Waals surface area contributed by atoms with Crippen LogP contribution in [0.15, 0.2) is 71.8 Å². The molecule has 6 rings (SSSR count). The van der Waals surface area contributed by atoms with Crippen LogP contribution in [-0.4, -0.2) is 16.3 Å². The SMILES string of the molecule is CCCC1=Cc2c(-c3ccc(C)c(C)c3C)cccc2[CH]1[Zr]([Cl])([Cl])([B](NC(=O)CC)NC(=O)CC)[CH]1C(CCC)=Cc2c(-c3ccc(C)c(C)c3C)cccc21. The summed E-state index contributed by atoms with van der Waals surface area (Å²) < 4.78 is -1.71. The molecule has 0 spiro atoms. The third-order valence-corrected chi connectivity index (χ3v) is 32.9. The first kappa shape index (κ1) is 42.4. The van der Waals surface area contributed by atoms with E-state index < -0.39 is 20.7 Å². The molecular formula is C48H58BCl2N2O2Zr. The zero-order valence-corrected chi connectivity index (χ0v) is 38.9. The number of fused-ring (bicyclic) bond motifs is 2. The second-order valence-electron chi connectivity index (χ2n) is 16.3. The van der Waals surface area contributed by atoms with Crippen LogP contribution in [0.3, 0.4) is 0 Å². The molecule has 2 aliphatic rings. The molecule has 0 heterocycles. The number of rotatable bonds is 13. The molecule has 0 saturated heterocycles. The first-order chi connectivity index (χ1) is 26.6. The number of carbonyl (C=O) groups is 2. The molecule has 0 fully saturated rings. The van der Waals surface area contributed by atoms with Gasteiger partial charge in [0.15, 0.2) is 0 Å². The fourth-order valence-corrected chi connectivity index (χ4v) is 30.3. The zero-order chi connectivity index (χ0) is 40.7. The van der Waals surface area contributed by atoms with Crippen LogP contribution in [0.25, 0.3) is 34.4 Å². The van der Waals surface area contributed by atoms with Crippen molar-refractivity contribution < 1.29 is 25.8 Å². The van der Waals surface area contributed by atoms with Crippen LogP contribution >= 0.6 is 17.0 Å². The van der Waals surface area contributed by atoms with Gasteiger partial charge in [-0.1, -0.05) is 0 Å². The van der Waals surface area contributed by atoms with Crippen molar-refractivity contribution in [3.05, 3.63) is 127 Å². The number of hydrogen-bond acceptors (Lipinski definition) is 2. The minimum absolute atomic E-state index is 0.189. The molecule has 0 saturated carbocycles. The van der Waals surface area contributed by atoms with Gasteiger partial charge in [-0.05, 0) is 0 Å². The molecule has 4 nitrogen and oxygen atoms in total. The molecule has 2 atom stereocenters. The molecule has 8 heteroatoms. The summed E-state index contributed by atoms with van der Waals surface area (Å²) in [5.41, 5.74) is 19.1. The quantitative estimate of drug-likeness (QED) is 0.132. The molecule has 0 aromatic heterocycles. The van der Waals surface area contributed by atoms with Crippen LogP contribution in [0.5, 0.6) is 0 Å². The van der Waals surface area contributed by atoms with E-state index in [9.17, 15) is 9.59 Å². The van der Waals surface area contributed by atoms with Gasteiger partial charge in [0.05, 0.1) is 0 Å². The fraction of sp³-hybridized carbons (Fsp3) is 0.375. The third-order valence-electron chi connectivity index (χ3n) is 13.0. The molecule has 56 heavy (non-hydrogen) atoms. The number of aryl methyl sites for hydroxylation is 2. The predicted octanol–water partition coefficient (Wildman–Crippen LogP) is 13.1. The molecule has 4 aromatic rings. The zero-order valence-electron chi connectivity index (χ0n) is 35.0. The van der Waals surface area contributed by atoms with Crippen LogP contribution < -0.4 is 10.5 Å². The summed E-state index contributed by atoms with van der Waals surface area (Å²) in [7, 11) is 17.8. The van der Waals surface area contributed by atoms with Gasteiger partial charge >= 0.3 is 346 Å². The Hall–Kier alpha value is -3.17. The van der Waals surface area contributed by atoms with Gasteiger partial charge in [-0.2, -0.15) is 0 Å². The van der Waals surface area contributed by atoms with Gasteiger partial charge in [-0.3, -0.25) is 0 Å². The van der Waals surface area contributed by atoms with Crippen LogP contribution in [0.4, 0.5) is 0 Å². The molecular weight excluding hydrogens is 809 g/mol. The van der Waals surface area contributed by atoms with Gasteiger partial charge in [0.2, 0.25) is 0 Å². The van der Waals surface area contributed by atoms with Gasteiger partial charge < -0.3 is 0 Å². The molecule has 293 valence electrons. The Kier molecular flexibility index (Phi) is 12.6. The Morgan fingerprint density at radius 2 is 0.964 bits per heavy atom. The van der Waals surface area contributed by atoms with Crippen molar-refractivity contribution in [3.63, 3.8) is 0 Å². The number of allylic oxidation sites excluding steroid dienone is 2. The second kappa shape index (κ2) is 16.6.